The Bertz CT molecular complexity index is 594. The lowest BCUT2D eigenvalue weighted by atomic mass is 9.93. The topological polar surface area (TPSA) is 66.5 Å². The summed E-state index contributed by atoms with van der Waals surface area (Å²) in [5.41, 5.74) is 0.901. The van der Waals surface area contributed by atoms with Gasteiger partial charge < -0.3 is 5.32 Å². The Hall–Kier alpha value is -2.17. The highest BCUT2D eigenvalue weighted by Crippen LogP contribution is 2.22. The maximum Gasteiger partial charge on any atom is 0.261 e. The van der Waals surface area contributed by atoms with E-state index in [4.69, 9.17) is 0 Å². The number of carbonyl (C=O) groups excluding carboxylic acids is 3. The molecule has 0 fully saturated rings. The second-order valence-electron chi connectivity index (χ2n) is 6.99. The molecule has 0 saturated carbocycles. The Morgan fingerprint density at radius 1 is 1.00 bits per heavy atom. The molecule has 0 bridgehead atoms. The van der Waals surface area contributed by atoms with Crippen LogP contribution in [0.2, 0.25) is 0 Å². The SMILES string of the molecule is CC(C)C(NC(=O)CCCN1C(=O)c2ccccc2C1=O)C(C)C. The van der Waals surface area contributed by atoms with Crippen molar-refractivity contribution in [1.82, 2.24) is 10.2 Å². The third kappa shape index (κ3) is 3.83. The van der Waals surface area contributed by atoms with E-state index in [2.05, 4.69) is 33.0 Å². The predicted molar refractivity (Wildman–Crippen MR) is 92.6 cm³/mol. The van der Waals surface area contributed by atoms with E-state index in [1.165, 1.54) is 4.90 Å². The van der Waals surface area contributed by atoms with Gasteiger partial charge in [0.2, 0.25) is 5.91 Å². The summed E-state index contributed by atoms with van der Waals surface area (Å²) in [5.74, 6) is 0.172. The van der Waals surface area contributed by atoms with E-state index >= 15 is 0 Å². The molecule has 1 aliphatic heterocycles. The molecule has 1 heterocycles. The monoisotopic (exact) mass is 330 g/mol. The zero-order valence-corrected chi connectivity index (χ0v) is 14.8. The number of nitrogens with zero attached hydrogens (tertiary/aromatic N) is 1. The van der Waals surface area contributed by atoms with Gasteiger partial charge in [0.05, 0.1) is 11.1 Å². The lowest BCUT2D eigenvalue weighted by molar-refractivity contribution is -0.122. The number of hydrogen-bond donors (Lipinski definition) is 1. The largest absolute Gasteiger partial charge is 0.353 e. The molecule has 24 heavy (non-hydrogen) atoms. The number of carbonyl (C=O) groups is 3. The average Bonchev–Trinajstić information content (AvgIpc) is 2.77. The van der Waals surface area contributed by atoms with Gasteiger partial charge >= 0.3 is 0 Å². The standard InChI is InChI=1S/C19H26N2O3/c1-12(2)17(13(3)4)20-16(22)10-7-11-21-18(23)14-8-5-6-9-15(14)19(21)24/h5-6,8-9,12-13,17H,7,10-11H2,1-4H3,(H,20,22). The van der Waals surface area contributed by atoms with Crippen LogP contribution in [0.15, 0.2) is 24.3 Å². The van der Waals surface area contributed by atoms with Crippen LogP contribution < -0.4 is 5.32 Å². The summed E-state index contributed by atoms with van der Waals surface area (Å²) in [7, 11) is 0. The Labute approximate surface area is 143 Å². The van der Waals surface area contributed by atoms with Crippen LogP contribution in [0.3, 0.4) is 0 Å². The molecule has 1 aromatic carbocycles. The van der Waals surface area contributed by atoms with Gasteiger partial charge in [-0.25, -0.2) is 0 Å². The number of rotatable bonds is 7. The minimum absolute atomic E-state index is 0.0287. The fraction of sp³-hybridized carbons (Fsp3) is 0.526. The van der Waals surface area contributed by atoms with Crippen LogP contribution >= 0.6 is 0 Å². The molecule has 3 amide bonds. The molecule has 0 atom stereocenters. The van der Waals surface area contributed by atoms with E-state index in [0.29, 0.717) is 35.8 Å². The van der Waals surface area contributed by atoms with Gasteiger partial charge in [-0.2, -0.15) is 0 Å². The lowest BCUT2D eigenvalue weighted by Gasteiger charge is -2.26. The van der Waals surface area contributed by atoms with E-state index in [0.717, 1.165) is 0 Å². The number of fused-ring (bicyclic) bond motifs is 1. The number of amides is 3. The van der Waals surface area contributed by atoms with Crippen LogP contribution in [0.25, 0.3) is 0 Å². The molecule has 1 N–H and O–H groups in total. The van der Waals surface area contributed by atoms with Gasteiger partial charge in [0, 0.05) is 19.0 Å². The molecule has 0 aliphatic carbocycles. The molecular weight excluding hydrogens is 304 g/mol. The van der Waals surface area contributed by atoms with Gasteiger partial charge in [-0.3, -0.25) is 19.3 Å². The molecule has 0 radical (unpaired) electrons. The number of imide groups is 1. The summed E-state index contributed by atoms with van der Waals surface area (Å²) in [6, 6.07) is 6.96. The van der Waals surface area contributed by atoms with E-state index < -0.39 is 0 Å². The van der Waals surface area contributed by atoms with E-state index in [-0.39, 0.29) is 30.3 Å². The van der Waals surface area contributed by atoms with Crippen LogP contribution in [-0.2, 0) is 4.79 Å². The molecule has 0 aromatic heterocycles. The third-order valence-electron chi connectivity index (χ3n) is 4.43. The highest BCUT2D eigenvalue weighted by atomic mass is 16.2. The smallest absolute Gasteiger partial charge is 0.261 e. The normalized spacial score (nSPS) is 14.0. The molecule has 1 aromatic rings. The second-order valence-corrected chi connectivity index (χ2v) is 6.99. The first-order valence-electron chi connectivity index (χ1n) is 8.57. The fourth-order valence-electron chi connectivity index (χ4n) is 3.20. The summed E-state index contributed by atoms with van der Waals surface area (Å²) in [6.45, 7) is 8.62. The molecular formula is C19H26N2O3. The number of nitrogens with one attached hydrogen (secondary N) is 1. The molecule has 5 nitrogen and oxygen atoms in total. The van der Waals surface area contributed by atoms with Crippen molar-refractivity contribution in [2.45, 2.75) is 46.6 Å². The van der Waals surface area contributed by atoms with Gasteiger partial charge in [0.1, 0.15) is 0 Å². The van der Waals surface area contributed by atoms with Crippen molar-refractivity contribution in [3.05, 3.63) is 35.4 Å². The van der Waals surface area contributed by atoms with Gasteiger partial charge in [-0.05, 0) is 30.4 Å². The maximum atomic E-state index is 12.2. The second kappa shape index (κ2) is 7.60. The Balaban J connectivity index is 1.86. The van der Waals surface area contributed by atoms with Crippen molar-refractivity contribution in [3.8, 4) is 0 Å². The first-order valence-corrected chi connectivity index (χ1v) is 8.57. The van der Waals surface area contributed by atoms with Crippen LogP contribution in [0, 0.1) is 11.8 Å². The predicted octanol–water partition coefficient (Wildman–Crippen LogP) is 2.86. The van der Waals surface area contributed by atoms with Crippen LogP contribution in [0.1, 0.15) is 61.3 Å². The third-order valence-corrected chi connectivity index (χ3v) is 4.43. The van der Waals surface area contributed by atoms with Crippen molar-refractivity contribution < 1.29 is 14.4 Å². The molecule has 0 saturated heterocycles. The van der Waals surface area contributed by atoms with Crippen molar-refractivity contribution in [3.63, 3.8) is 0 Å². The molecule has 5 heteroatoms. The highest BCUT2D eigenvalue weighted by Gasteiger charge is 2.34. The van der Waals surface area contributed by atoms with Crippen molar-refractivity contribution in [1.29, 1.82) is 0 Å². The summed E-state index contributed by atoms with van der Waals surface area (Å²) >= 11 is 0. The van der Waals surface area contributed by atoms with Gasteiger partial charge in [-0.15, -0.1) is 0 Å². The first-order chi connectivity index (χ1) is 11.3. The van der Waals surface area contributed by atoms with Gasteiger partial charge in [-0.1, -0.05) is 39.8 Å². The molecule has 2 rings (SSSR count). The van der Waals surface area contributed by atoms with Crippen LogP contribution in [-0.4, -0.2) is 35.2 Å². The minimum atomic E-state index is -0.266. The molecule has 0 spiro atoms. The molecule has 130 valence electrons. The molecule has 1 aliphatic rings. The maximum absolute atomic E-state index is 12.2. The average molecular weight is 330 g/mol. The Kier molecular flexibility index (Phi) is 5.75. The van der Waals surface area contributed by atoms with Gasteiger partial charge in [0.15, 0.2) is 0 Å². The van der Waals surface area contributed by atoms with E-state index in [1.807, 2.05) is 0 Å². The molecule has 0 unspecified atom stereocenters. The van der Waals surface area contributed by atoms with Crippen LogP contribution in [0.5, 0.6) is 0 Å². The summed E-state index contributed by atoms with van der Waals surface area (Å²) in [6.07, 6.45) is 0.781. The van der Waals surface area contributed by atoms with E-state index in [1.54, 1.807) is 24.3 Å². The van der Waals surface area contributed by atoms with Crippen LogP contribution in [0.4, 0.5) is 0 Å². The summed E-state index contributed by atoms with van der Waals surface area (Å²) in [5, 5.41) is 3.05. The number of hydrogen-bond acceptors (Lipinski definition) is 3. The number of benzene rings is 1. The summed E-state index contributed by atoms with van der Waals surface area (Å²) < 4.78 is 0. The summed E-state index contributed by atoms with van der Waals surface area (Å²) in [4.78, 5) is 37.8. The highest BCUT2D eigenvalue weighted by molar-refractivity contribution is 6.21. The van der Waals surface area contributed by atoms with E-state index in [9.17, 15) is 14.4 Å². The van der Waals surface area contributed by atoms with Crippen molar-refractivity contribution in [2.24, 2.45) is 11.8 Å². The quantitative estimate of drug-likeness (QED) is 0.782. The Morgan fingerprint density at radius 3 is 1.96 bits per heavy atom. The zero-order valence-electron chi connectivity index (χ0n) is 14.8. The van der Waals surface area contributed by atoms with Crippen molar-refractivity contribution in [2.75, 3.05) is 6.54 Å². The fourth-order valence-corrected chi connectivity index (χ4v) is 3.20. The first kappa shape index (κ1) is 18.2. The van der Waals surface area contributed by atoms with Crippen molar-refractivity contribution >= 4 is 17.7 Å². The Morgan fingerprint density at radius 2 is 1.50 bits per heavy atom. The zero-order chi connectivity index (χ0) is 17.9. The minimum Gasteiger partial charge on any atom is -0.353 e. The lowest BCUT2D eigenvalue weighted by Crippen LogP contribution is -2.42. The van der Waals surface area contributed by atoms with Gasteiger partial charge in [0.25, 0.3) is 11.8 Å².